The smallest absolute Gasteiger partial charge is 0.260 e. The van der Waals surface area contributed by atoms with Crippen LogP contribution in [0.2, 0.25) is 0 Å². The van der Waals surface area contributed by atoms with Crippen molar-refractivity contribution in [2.24, 2.45) is 5.92 Å². The summed E-state index contributed by atoms with van der Waals surface area (Å²) < 4.78 is 5.62. The third kappa shape index (κ3) is 3.73. The molecule has 1 aromatic rings. The van der Waals surface area contributed by atoms with Gasteiger partial charge in [0.05, 0.1) is 0 Å². The number of carbonyl (C=O) groups excluding carboxylic acids is 1. The lowest BCUT2D eigenvalue weighted by Crippen LogP contribution is -2.41. The molecule has 4 heteroatoms. The highest BCUT2D eigenvalue weighted by atomic mass is 16.5. The zero-order valence-corrected chi connectivity index (χ0v) is 12.3. The highest BCUT2D eigenvalue weighted by Crippen LogP contribution is 2.20. The van der Waals surface area contributed by atoms with E-state index in [1.54, 1.807) is 0 Å². The van der Waals surface area contributed by atoms with Gasteiger partial charge >= 0.3 is 0 Å². The number of aryl methyl sites for hydroxylation is 2. The molecule has 1 fully saturated rings. The van der Waals surface area contributed by atoms with E-state index in [4.69, 9.17) is 9.84 Å². The Labute approximate surface area is 120 Å². The summed E-state index contributed by atoms with van der Waals surface area (Å²) in [5.74, 6) is 1.15. The van der Waals surface area contributed by atoms with Crippen molar-refractivity contribution in [2.45, 2.75) is 26.7 Å². The van der Waals surface area contributed by atoms with Crippen molar-refractivity contribution < 1.29 is 14.6 Å². The van der Waals surface area contributed by atoms with Gasteiger partial charge in [0.1, 0.15) is 5.75 Å². The highest BCUT2D eigenvalue weighted by Gasteiger charge is 2.22. The second-order valence-corrected chi connectivity index (χ2v) is 5.56. The number of aliphatic hydroxyl groups is 1. The number of aliphatic hydroxyl groups excluding tert-OH is 1. The van der Waals surface area contributed by atoms with Gasteiger partial charge in [0.25, 0.3) is 5.91 Å². The van der Waals surface area contributed by atoms with Crippen LogP contribution in [0.5, 0.6) is 5.75 Å². The van der Waals surface area contributed by atoms with Gasteiger partial charge < -0.3 is 14.7 Å². The Kier molecular flexibility index (Phi) is 5.01. The first-order valence-corrected chi connectivity index (χ1v) is 7.19. The number of benzene rings is 1. The van der Waals surface area contributed by atoms with Gasteiger partial charge in [-0.3, -0.25) is 4.79 Å². The minimum Gasteiger partial charge on any atom is -0.484 e. The maximum atomic E-state index is 12.1. The predicted molar refractivity (Wildman–Crippen MR) is 77.8 cm³/mol. The van der Waals surface area contributed by atoms with Crippen LogP contribution in [0.4, 0.5) is 0 Å². The molecule has 1 saturated heterocycles. The van der Waals surface area contributed by atoms with E-state index >= 15 is 0 Å². The lowest BCUT2D eigenvalue weighted by atomic mass is 9.98. The predicted octanol–water partition coefficient (Wildman–Crippen LogP) is 1.91. The summed E-state index contributed by atoms with van der Waals surface area (Å²) in [5.41, 5.74) is 2.24. The third-order valence-corrected chi connectivity index (χ3v) is 3.91. The van der Waals surface area contributed by atoms with Crippen LogP contribution in [-0.2, 0) is 4.79 Å². The minimum absolute atomic E-state index is 0.0290. The molecule has 0 saturated carbocycles. The van der Waals surface area contributed by atoms with Crippen molar-refractivity contribution in [1.29, 1.82) is 0 Å². The second-order valence-electron chi connectivity index (χ2n) is 5.56. The summed E-state index contributed by atoms with van der Waals surface area (Å²) in [5, 5.41) is 9.09. The van der Waals surface area contributed by atoms with Gasteiger partial charge in [0, 0.05) is 19.7 Å². The molecule has 1 aliphatic heterocycles. The zero-order valence-electron chi connectivity index (χ0n) is 12.3. The number of likely N-dealkylation sites (tertiary alicyclic amines) is 1. The van der Waals surface area contributed by atoms with E-state index in [-0.39, 0.29) is 19.1 Å². The Hall–Kier alpha value is -1.55. The Bertz CT molecular complexity index is 465. The third-order valence-electron chi connectivity index (χ3n) is 3.91. The van der Waals surface area contributed by atoms with Crippen LogP contribution >= 0.6 is 0 Å². The standard InChI is InChI=1S/C16H23NO3/c1-12-3-4-15(13(2)9-12)20-11-16(19)17-7-5-14(10-18)6-8-17/h3-4,9,14,18H,5-8,10-11H2,1-2H3. The average molecular weight is 277 g/mol. The van der Waals surface area contributed by atoms with Gasteiger partial charge in [-0.1, -0.05) is 17.7 Å². The van der Waals surface area contributed by atoms with Crippen LogP contribution in [0, 0.1) is 19.8 Å². The first-order valence-electron chi connectivity index (χ1n) is 7.19. The monoisotopic (exact) mass is 277 g/mol. The Morgan fingerprint density at radius 3 is 2.65 bits per heavy atom. The summed E-state index contributed by atoms with van der Waals surface area (Å²) in [6.07, 6.45) is 1.76. The van der Waals surface area contributed by atoms with E-state index in [1.165, 1.54) is 5.56 Å². The van der Waals surface area contributed by atoms with E-state index in [0.717, 1.165) is 37.2 Å². The normalized spacial score (nSPS) is 16.2. The van der Waals surface area contributed by atoms with E-state index < -0.39 is 0 Å². The number of piperidine rings is 1. The molecule has 110 valence electrons. The van der Waals surface area contributed by atoms with Crippen LogP contribution in [0.15, 0.2) is 18.2 Å². The van der Waals surface area contributed by atoms with Crippen molar-refractivity contribution >= 4 is 5.91 Å². The molecular weight excluding hydrogens is 254 g/mol. The fraction of sp³-hybridized carbons (Fsp3) is 0.562. The SMILES string of the molecule is Cc1ccc(OCC(=O)N2CCC(CO)CC2)c(C)c1. The van der Waals surface area contributed by atoms with Gasteiger partial charge in [-0.15, -0.1) is 0 Å². The molecule has 1 aromatic carbocycles. The van der Waals surface area contributed by atoms with Crippen LogP contribution in [-0.4, -0.2) is 42.2 Å². The number of rotatable bonds is 4. The summed E-state index contributed by atoms with van der Waals surface area (Å²) in [6, 6.07) is 5.95. The highest BCUT2D eigenvalue weighted by molar-refractivity contribution is 5.77. The fourth-order valence-corrected chi connectivity index (χ4v) is 2.56. The summed E-state index contributed by atoms with van der Waals surface area (Å²) in [6.45, 7) is 5.78. The number of hydrogen-bond acceptors (Lipinski definition) is 3. The lowest BCUT2D eigenvalue weighted by Gasteiger charge is -2.31. The van der Waals surface area contributed by atoms with Gasteiger partial charge in [0.2, 0.25) is 0 Å². The molecule has 1 N–H and O–H groups in total. The summed E-state index contributed by atoms with van der Waals surface area (Å²) >= 11 is 0. The zero-order chi connectivity index (χ0) is 14.5. The molecule has 1 amide bonds. The van der Waals surface area contributed by atoms with Crippen LogP contribution in [0.25, 0.3) is 0 Å². The van der Waals surface area contributed by atoms with Gasteiger partial charge in [-0.2, -0.15) is 0 Å². The molecule has 0 spiro atoms. The van der Waals surface area contributed by atoms with Gasteiger partial charge in [-0.25, -0.2) is 0 Å². The quantitative estimate of drug-likeness (QED) is 0.914. The minimum atomic E-state index is 0.0290. The van der Waals surface area contributed by atoms with Crippen molar-refractivity contribution in [3.8, 4) is 5.75 Å². The molecule has 20 heavy (non-hydrogen) atoms. The second kappa shape index (κ2) is 6.75. The molecule has 0 radical (unpaired) electrons. The van der Waals surface area contributed by atoms with Crippen LogP contribution < -0.4 is 4.74 Å². The Morgan fingerprint density at radius 1 is 1.35 bits per heavy atom. The number of nitrogens with zero attached hydrogens (tertiary/aromatic N) is 1. The van der Waals surface area contributed by atoms with Crippen LogP contribution in [0.3, 0.4) is 0 Å². The summed E-state index contributed by atoms with van der Waals surface area (Å²) in [7, 11) is 0. The molecule has 0 aliphatic carbocycles. The molecule has 4 nitrogen and oxygen atoms in total. The number of hydrogen-bond donors (Lipinski definition) is 1. The molecule has 2 rings (SSSR count). The van der Waals surface area contributed by atoms with Crippen molar-refractivity contribution in [2.75, 3.05) is 26.3 Å². The van der Waals surface area contributed by atoms with E-state index in [1.807, 2.05) is 36.9 Å². The topological polar surface area (TPSA) is 49.8 Å². The van der Waals surface area contributed by atoms with Crippen molar-refractivity contribution in [1.82, 2.24) is 4.90 Å². The summed E-state index contributed by atoms with van der Waals surface area (Å²) in [4.78, 5) is 13.9. The molecule has 0 atom stereocenters. The van der Waals surface area contributed by atoms with Crippen molar-refractivity contribution in [3.05, 3.63) is 29.3 Å². The number of carbonyl (C=O) groups is 1. The molecule has 0 aromatic heterocycles. The van der Waals surface area contributed by atoms with E-state index in [2.05, 4.69) is 0 Å². The molecular formula is C16H23NO3. The maximum Gasteiger partial charge on any atom is 0.260 e. The molecule has 0 unspecified atom stereocenters. The molecule has 1 heterocycles. The number of amides is 1. The van der Waals surface area contributed by atoms with E-state index in [9.17, 15) is 4.79 Å². The first-order chi connectivity index (χ1) is 9.60. The van der Waals surface area contributed by atoms with Gasteiger partial charge in [0.15, 0.2) is 6.61 Å². The van der Waals surface area contributed by atoms with Crippen LogP contribution in [0.1, 0.15) is 24.0 Å². The maximum absolute atomic E-state index is 12.1. The lowest BCUT2D eigenvalue weighted by molar-refractivity contribution is -0.134. The molecule has 1 aliphatic rings. The Balaban J connectivity index is 1.83. The largest absolute Gasteiger partial charge is 0.484 e. The fourth-order valence-electron chi connectivity index (χ4n) is 2.56. The first kappa shape index (κ1) is 14.9. The van der Waals surface area contributed by atoms with E-state index in [0.29, 0.717) is 5.92 Å². The number of ether oxygens (including phenoxy) is 1. The molecule has 0 bridgehead atoms. The van der Waals surface area contributed by atoms with Gasteiger partial charge in [-0.05, 0) is 44.2 Å². The average Bonchev–Trinajstić information content (AvgIpc) is 2.46. The van der Waals surface area contributed by atoms with Crippen molar-refractivity contribution in [3.63, 3.8) is 0 Å². The Morgan fingerprint density at radius 2 is 2.05 bits per heavy atom.